The molecule has 0 bridgehead atoms. The zero-order valence-electron chi connectivity index (χ0n) is 14.1. The Morgan fingerprint density at radius 2 is 1.80 bits per heavy atom. The molecule has 0 aliphatic heterocycles. The van der Waals surface area contributed by atoms with Gasteiger partial charge < -0.3 is 19.5 Å². The number of ether oxygens (including phenoxy) is 1. The number of pyridine rings is 1. The van der Waals surface area contributed by atoms with Crippen LogP contribution in [0.15, 0.2) is 53.3 Å². The Balaban J connectivity index is 2.00. The van der Waals surface area contributed by atoms with Crippen molar-refractivity contribution in [1.29, 1.82) is 0 Å². The largest absolute Gasteiger partial charge is 0.504 e. The van der Waals surface area contributed by atoms with E-state index in [0.29, 0.717) is 29.8 Å². The van der Waals surface area contributed by atoms with Crippen LogP contribution in [0.5, 0.6) is 17.2 Å². The summed E-state index contributed by atoms with van der Waals surface area (Å²) in [5, 5.41) is 20.4. The number of fused-ring (bicyclic) bond motifs is 1. The monoisotopic (exact) mass is 339 g/mol. The summed E-state index contributed by atoms with van der Waals surface area (Å²) in [7, 11) is 0. The molecule has 5 heteroatoms. The van der Waals surface area contributed by atoms with Crippen LogP contribution in [0.25, 0.3) is 10.9 Å². The Morgan fingerprint density at radius 1 is 1.04 bits per heavy atom. The van der Waals surface area contributed by atoms with Crippen molar-refractivity contribution >= 4 is 10.9 Å². The van der Waals surface area contributed by atoms with Crippen molar-refractivity contribution in [3.63, 3.8) is 0 Å². The standard InChI is InChI=1S/C20H21NO4/c1-2-3-11-21-17-12-15(25-13-14-7-5-4-6-8-14)9-10-16(17)18(22)19(23)20(21)24/h4-10,12,22-23H,2-3,11,13H2,1H3. The van der Waals surface area contributed by atoms with E-state index in [9.17, 15) is 15.0 Å². The molecule has 3 rings (SSSR count). The topological polar surface area (TPSA) is 71.7 Å². The van der Waals surface area contributed by atoms with E-state index < -0.39 is 11.3 Å². The van der Waals surface area contributed by atoms with Gasteiger partial charge >= 0.3 is 0 Å². The lowest BCUT2D eigenvalue weighted by molar-refractivity contribution is 0.306. The number of hydrogen-bond donors (Lipinski definition) is 2. The minimum atomic E-state index is -0.610. The van der Waals surface area contributed by atoms with Crippen LogP contribution in [-0.2, 0) is 13.2 Å². The van der Waals surface area contributed by atoms with Crippen molar-refractivity contribution < 1.29 is 14.9 Å². The summed E-state index contributed by atoms with van der Waals surface area (Å²) in [6, 6.07) is 14.9. The van der Waals surface area contributed by atoms with Crippen molar-refractivity contribution in [2.24, 2.45) is 0 Å². The van der Waals surface area contributed by atoms with Gasteiger partial charge in [-0.1, -0.05) is 43.7 Å². The Kier molecular flexibility index (Phi) is 4.93. The second kappa shape index (κ2) is 7.30. The van der Waals surface area contributed by atoms with E-state index in [4.69, 9.17) is 4.74 Å². The van der Waals surface area contributed by atoms with Gasteiger partial charge in [-0.3, -0.25) is 4.79 Å². The first-order valence-electron chi connectivity index (χ1n) is 8.37. The van der Waals surface area contributed by atoms with Gasteiger partial charge in [-0.05, 0) is 24.1 Å². The van der Waals surface area contributed by atoms with Gasteiger partial charge in [0.05, 0.1) is 5.52 Å². The molecule has 0 atom stereocenters. The average Bonchev–Trinajstić information content (AvgIpc) is 2.65. The van der Waals surface area contributed by atoms with Crippen LogP contribution in [0.4, 0.5) is 0 Å². The number of aromatic hydroxyl groups is 2. The molecule has 5 nitrogen and oxygen atoms in total. The van der Waals surface area contributed by atoms with E-state index in [1.807, 2.05) is 37.3 Å². The van der Waals surface area contributed by atoms with E-state index in [0.717, 1.165) is 18.4 Å². The highest BCUT2D eigenvalue weighted by atomic mass is 16.5. The van der Waals surface area contributed by atoms with Crippen LogP contribution in [0.2, 0.25) is 0 Å². The van der Waals surface area contributed by atoms with Gasteiger partial charge in [0.15, 0.2) is 5.75 Å². The van der Waals surface area contributed by atoms with Crippen LogP contribution in [0.3, 0.4) is 0 Å². The third-order valence-corrected chi connectivity index (χ3v) is 4.17. The molecule has 3 aromatic rings. The number of rotatable bonds is 6. The predicted octanol–water partition coefficient (Wildman–Crippen LogP) is 3.79. The second-order valence-electron chi connectivity index (χ2n) is 5.96. The Labute approximate surface area is 145 Å². The van der Waals surface area contributed by atoms with Crippen LogP contribution in [-0.4, -0.2) is 14.8 Å². The Bertz CT molecular complexity index is 932. The fraction of sp³-hybridized carbons (Fsp3) is 0.250. The maximum Gasteiger partial charge on any atom is 0.297 e. The molecule has 0 radical (unpaired) electrons. The summed E-state index contributed by atoms with van der Waals surface area (Å²) in [6.07, 6.45) is 1.72. The molecule has 2 N–H and O–H groups in total. The van der Waals surface area contributed by atoms with Gasteiger partial charge in [0.2, 0.25) is 5.75 Å². The third kappa shape index (κ3) is 3.45. The zero-order chi connectivity index (χ0) is 17.8. The van der Waals surface area contributed by atoms with Crippen LogP contribution in [0.1, 0.15) is 25.3 Å². The molecule has 2 aromatic carbocycles. The smallest absolute Gasteiger partial charge is 0.297 e. The quantitative estimate of drug-likeness (QED) is 0.717. The number of nitrogens with zero attached hydrogens (tertiary/aromatic N) is 1. The number of unbranched alkanes of at least 4 members (excludes halogenated alkanes) is 1. The van der Waals surface area contributed by atoms with Gasteiger partial charge in [0, 0.05) is 18.0 Å². The first-order valence-corrected chi connectivity index (χ1v) is 8.37. The highest BCUT2D eigenvalue weighted by molar-refractivity contribution is 5.88. The van der Waals surface area contributed by atoms with E-state index in [2.05, 4.69) is 0 Å². The molecule has 0 aliphatic rings. The predicted molar refractivity (Wildman–Crippen MR) is 97.2 cm³/mol. The summed E-state index contributed by atoms with van der Waals surface area (Å²) in [4.78, 5) is 12.3. The van der Waals surface area contributed by atoms with Crippen molar-refractivity contribution in [1.82, 2.24) is 4.57 Å². The fourth-order valence-electron chi connectivity index (χ4n) is 2.77. The number of hydrogen-bond acceptors (Lipinski definition) is 4. The second-order valence-corrected chi connectivity index (χ2v) is 5.96. The molecule has 0 fully saturated rings. The van der Waals surface area contributed by atoms with Crippen LogP contribution < -0.4 is 10.3 Å². The van der Waals surface area contributed by atoms with Gasteiger partial charge in [-0.15, -0.1) is 0 Å². The Morgan fingerprint density at radius 3 is 2.52 bits per heavy atom. The molecule has 0 saturated carbocycles. The van der Waals surface area contributed by atoms with Crippen molar-refractivity contribution in [3.8, 4) is 17.2 Å². The molecule has 0 unspecified atom stereocenters. The van der Waals surface area contributed by atoms with E-state index in [-0.39, 0.29) is 5.75 Å². The summed E-state index contributed by atoms with van der Waals surface area (Å²) in [5.41, 5.74) is 1.01. The van der Waals surface area contributed by atoms with Gasteiger partial charge in [-0.2, -0.15) is 0 Å². The van der Waals surface area contributed by atoms with E-state index >= 15 is 0 Å². The zero-order valence-corrected chi connectivity index (χ0v) is 14.1. The Hall–Kier alpha value is -2.95. The van der Waals surface area contributed by atoms with Crippen LogP contribution >= 0.6 is 0 Å². The molecule has 25 heavy (non-hydrogen) atoms. The lowest BCUT2D eigenvalue weighted by atomic mass is 10.1. The third-order valence-electron chi connectivity index (χ3n) is 4.17. The molecule has 1 aromatic heterocycles. The molecular weight excluding hydrogens is 318 g/mol. The van der Waals surface area contributed by atoms with Crippen molar-refractivity contribution in [2.45, 2.75) is 32.9 Å². The van der Waals surface area contributed by atoms with Gasteiger partial charge in [0.1, 0.15) is 12.4 Å². The molecule has 0 saturated heterocycles. The first kappa shape index (κ1) is 16.9. The first-order chi connectivity index (χ1) is 12.1. The highest BCUT2D eigenvalue weighted by Gasteiger charge is 2.16. The summed E-state index contributed by atoms with van der Waals surface area (Å²) >= 11 is 0. The van der Waals surface area contributed by atoms with E-state index in [1.165, 1.54) is 4.57 Å². The SMILES string of the molecule is CCCCn1c(=O)c(O)c(O)c2ccc(OCc3ccccc3)cc21. The highest BCUT2D eigenvalue weighted by Crippen LogP contribution is 2.32. The maximum absolute atomic E-state index is 12.3. The molecule has 0 amide bonds. The number of benzene rings is 2. The summed E-state index contributed by atoms with van der Waals surface area (Å²) < 4.78 is 7.30. The lowest BCUT2D eigenvalue weighted by Gasteiger charge is -2.14. The van der Waals surface area contributed by atoms with Crippen molar-refractivity contribution in [2.75, 3.05) is 0 Å². The minimum absolute atomic E-state index is 0.387. The number of aromatic nitrogens is 1. The molecule has 130 valence electrons. The van der Waals surface area contributed by atoms with Crippen LogP contribution in [0, 0.1) is 0 Å². The lowest BCUT2D eigenvalue weighted by Crippen LogP contribution is -2.20. The summed E-state index contributed by atoms with van der Waals surface area (Å²) in [5.74, 6) is -0.394. The van der Waals surface area contributed by atoms with E-state index in [1.54, 1.807) is 18.2 Å². The minimum Gasteiger partial charge on any atom is -0.504 e. The molecule has 1 heterocycles. The molecule has 0 aliphatic carbocycles. The van der Waals surface area contributed by atoms with Gasteiger partial charge in [0.25, 0.3) is 5.56 Å². The fourth-order valence-corrected chi connectivity index (χ4v) is 2.77. The molecular formula is C20H21NO4. The average molecular weight is 339 g/mol. The molecule has 0 spiro atoms. The number of aryl methyl sites for hydroxylation is 1. The van der Waals surface area contributed by atoms with Gasteiger partial charge in [-0.25, -0.2) is 0 Å². The normalized spacial score (nSPS) is 10.9. The maximum atomic E-state index is 12.3. The summed E-state index contributed by atoms with van der Waals surface area (Å²) in [6.45, 7) is 2.92. The van der Waals surface area contributed by atoms with Crippen molar-refractivity contribution in [3.05, 3.63) is 64.4 Å².